The number of rotatable bonds is 8. The molecule has 1 aromatic carbocycles. The molecule has 1 aromatic rings. The maximum absolute atomic E-state index is 12.3. The number of hydrogen-bond donors (Lipinski definition) is 1. The first-order valence-electron chi connectivity index (χ1n) is 8.77. The summed E-state index contributed by atoms with van der Waals surface area (Å²) in [6, 6.07) is 7.48. The van der Waals surface area contributed by atoms with Gasteiger partial charge in [-0.05, 0) is 29.4 Å². The van der Waals surface area contributed by atoms with Crippen LogP contribution in [0.1, 0.15) is 53.0 Å². The Kier molecular flexibility index (Phi) is 7.47. The van der Waals surface area contributed by atoms with E-state index in [9.17, 15) is 13.2 Å². The molecule has 0 aromatic heterocycles. The monoisotopic (exact) mass is 368 g/mol. The Morgan fingerprint density at radius 1 is 1.20 bits per heavy atom. The van der Waals surface area contributed by atoms with Gasteiger partial charge in [0.05, 0.1) is 11.9 Å². The average Bonchev–Trinajstić information content (AvgIpc) is 2.45. The van der Waals surface area contributed by atoms with Gasteiger partial charge in [0.15, 0.2) is 0 Å². The number of nitrogens with one attached hydrogen (secondary N) is 1. The maximum atomic E-state index is 12.3. The average molecular weight is 369 g/mol. The molecule has 0 saturated heterocycles. The third kappa shape index (κ3) is 7.06. The summed E-state index contributed by atoms with van der Waals surface area (Å²) in [5.41, 5.74) is 1.40. The largest absolute Gasteiger partial charge is 0.356 e. The van der Waals surface area contributed by atoms with Crippen LogP contribution in [0.5, 0.6) is 0 Å². The molecule has 6 heteroatoms. The number of sulfonamides is 1. The Morgan fingerprint density at radius 3 is 2.32 bits per heavy atom. The van der Waals surface area contributed by atoms with E-state index in [4.69, 9.17) is 0 Å². The molecule has 0 saturated carbocycles. The van der Waals surface area contributed by atoms with Crippen LogP contribution in [0, 0.1) is 5.92 Å². The van der Waals surface area contributed by atoms with Crippen molar-refractivity contribution in [3.05, 3.63) is 29.8 Å². The molecule has 5 nitrogen and oxygen atoms in total. The van der Waals surface area contributed by atoms with E-state index in [1.54, 1.807) is 6.07 Å². The molecule has 0 fully saturated rings. The number of carbonyl (C=O) groups excluding carboxylic acids is 1. The molecule has 0 aliphatic carbocycles. The van der Waals surface area contributed by atoms with E-state index >= 15 is 0 Å². The molecule has 0 aliphatic heterocycles. The molecule has 0 radical (unpaired) electrons. The van der Waals surface area contributed by atoms with Gasteiger partial charge in [0.25, 0.3) is 0 Å². The quantitative estimate of drug-likeness (QED) is 0.765. The first kappa shape index (κ1) is 21.5. The predicted octanol–water partition coefficient (Wildman–Crippen LogP) is 3.30. The van der Waals surface area contributed by atoms with Crippen molar-refractivity contribution in [3.8, 4) is 0 Å². The highest BCUT2D eigenvalue weighted by Gasteiger charge is 2.25. The zero-order valence-electron chi connectivity index (χ0n) is 16.3. The number of carbonyl (C=O) groups is 1. The van der Waals surface area contributed by atoms with E-state index in [1.807, 2.05) is 39.0 Å². The van der Waals surface area contributed by atoms with Gasteiger partial charge in [0, 0.05) is 19.5 Å². The highest BCUT2D eigenvalue weighted by atomic mass is 32.2. The summed E-state index contributed by atoms with van der Waals surface area (Å²) in [7, 11) is -3.48. The lowest BCUT2D eigenvalue weighted by Gasteiger charge is -2.30. The van der Waals surface area contributed by atoms with Crippen molar-refractivity contribution in [1.29, 1.82) is 0 Å². The van der Waals surface area contributed by atoms with Crippen molar-refractivity contribution in [2.24, 2.45) is 5.92 Å². The van der Waals surface area contributed by atoms with Gasteiger partial charge >= 0.3 is 0 Å². The SMILES string of the molecule is CC(C)CCNC(=O)CCN(c1ccccc1C(C)(C)C)S(C)(=O)=O. The lowest BCUT2D eigenvalue weighted by Crippen LogP contribution is -2.36. The minimum Gasteiger partial charge on any atom is -0.356 e. The van der Waals surface area contributed by atoms with Crippen LogP contribution < -0.4 is 9.62 Å². The van der Waals surface area contributed by atoms with E-state index in [0.717, 1.165) is 12.0 Å². The molecule has 0 heterocycles. The Labute approximate surface area is 152 Å². The second-order valence-electron chi connectivity index (χ2n) is 7.88. The Morgan fingerprint density at radius 2 is 1.80 bits per heavy atom. The maximum Gasteiger partial charge on any atom is 0.232 e. The number of amides is 1. The van der Waals surface area contributed by atoms with Crippen LogP contribution in [0.2, 0.25) is 0 Å². The third-order valence-electron chi connectivity index (χ3n) is 3.97. The van der Waals surface area contributed by atoms with Crippen LogP contribution in [0.4, 0.5) is 5.69 Å². The fraction of sp³-hybridized carbons (Fsp3) is 0.632. The predicted molar refractivity (Wildman–Crippen MR) is 104 cm³/mol. The van der Waals surface area contributed by atoms with E-state index in [0.29, 0.717) is 18.2 Å². The van der Waals surface area contributed by atoms with Crippen molar-refractivity contribution in [2.75, 3.05) is 23.7 Å². The van der Waals surface area contributed by atoms with Crippen LogP contribution >= 0.6 is 0 Å². The Hall–Kier alpha value is -1.56. The molecule has 1 N–H and O–H groups in total. The number of nitrogens with zero attached hydrogens (tertiary/aromatic N) is 1. The van der Waals surface area contributed by atoms with E-state index in [-0.39, 0.29) is 24.3 Å². The molecular formula is C19H32N2O3S. The number of benzene rings is 1. The molecule has 1 amide bonds. The third-order valence-corrected chi connectivity index (χ3v) is 5.15. The lowest BCUT2D eigenvalue weighted by molar-refractivity contribution is -0.120. The summed E-state index contributed by atoms with van der Waals surface area (Å²) in [6.45, 7) is 11.1. The highest BCUT2D eigenvalue weighted by Crippen LogP contribution is 2.33. The van der Waals surface area contributed by atoms with Gasteiger partial charge in [-0.1, -0.05) is 52.8 Å². The fourth-order valence-electron chi connectivity index (χ4n) is 2.58. The van der Waals surface area contributed by atoms with Gasteiger partial charge in [0.1, 0.15) is 0 Å². The summed E-state index contributed by atoms with van der Waals surface area (Å²) in [4.78, 5) is 12.0. The number of para-hydroxylation sites is 1. The first-order valence-corrected chi connectivity index (χ1v) is 10.6. The standard InChI is InChI=1S/C19H32N2O3S/c1-15(2)11-13-20-18(22)12-14-21(25(6,23)24)17-10-8-7-9-16(17)19(3,4)5/h7-10,15H,11-14H2,1-6H3,(H,20,22). The van der Waals surface area contributed by atoms with Crippen molar-refractivity contribution in [2.45, 2.75) is 52.9 Å². The molecule has 25 heavy (non-hydrogen) atoms. The molecule has 0 bridgehead atoms. The van der Waals surface area contributed by atoms with Gasteiger partial charge in [-0.25, -0.2) is 8.42 Å². The van der Waals surface area contributed by atoms with Crippen LogP contribution in [-0.4, -0.2) is 33.7 Å². The topological polar surface area (TPSA) is 66.5 Å². The molecule has 0 atom stereocenters. The molecular weight excluding hydrogens is 336 g/mol. The van der Waals surface area contributed by atoms with Crippen molar-refractivity contribution in [3.63, 3.8) is 0 Å². The summed E-state index contributed by atoms with van der Waals surface area (Å²) in [5.74, 6) is 0.397. The van der Waals surface area contributed by atoms with E-state index in [1.165, 1.54) is 10.6 Å². The highest BCUT2D eigenvalue weighted by molar-refractivity contribution is 7.92. The first-order chi connectivity index (χ1) is 11.4. The minimum atomic E-state index is -3.48. The number of hydrogen-bond acceptors (Lipinski definition) is 3. The van der Waals surface area contributed by atoms with Crippen molar-refractivity contribution in [1.82, 2.24) is 5.32 Å². The van der Waals surface area contributed by atoms with Gasteiger partial charge in [-0.3, -0.25) is 9.10 Å². The normalized spacial score (nSPS) is 12.3. The molecule has 0 spiro atoms. The summed E-state index contributed by atoms with van der Waals surface area (Å²) in [6.07, 6.45) is 2.24. The molecule has 0 unspecified atom stereocenters. The smallest absolute Gasteiger partial charge is 0.232 e. The summed E-state index contributed by atoms with van der Waals surface area (Å²) < 4.78 is 26.0. The van der Waals surface area contributed by atoms with E-state index < -0.39 is 10.0 Å². The Balaban J connectivity index is 2.93. The second kappa shape index (κ2) is 8.70. The van der Waals surface area contributed by atoms with Gasteiger partial charge < -0.3 is 5.32 Å². The molecule has 0 aliphatic rings. The lowest BCUT2D eigenvalue weighted by atomic mass is 9.86. The van der Waals surface area contributed by atoms with Crippen molar-refractivity contribution >= 4 is 21.6 Å². The molecule has 142 valence electrons. The van der Waals surface area contributed by atoms with Gasteiger partial charge in [-0.15, -0.1) is 0 Å². The van der Waals surface area contributed by atoms with Gasteiger partial charge in [-0.2, -0.15) is 0 Å². The zero-order chi connectivity index (χ0) is 19.3. The number of anilines is 1. The minimum absolute atomic E-state index is 0.123. The van der Waals surface area contributed by atoms with Crippen molar-refractivity contribution < 1.29 is 13.2 Å². The van der Waals surface area contributed by atoms with Crippen LogP contribution in [0.3, 0.4) is 0 Å². The summed E-state index contributed by atoms with van der Waals surface area (Å²) >= 11 is 0. The van der Waals surface area contributed by atoms with E-state index in [2.05, 4.69) is 19.2 Å². The zero-order valence-corrected chi connectivity index (χ0v) is 17.1. The van der Waals surface area contributed by atoms with Crippen LogP contribution in [-0.2, 0) is 20.2 Å². The van der Waals surface area contributed by atoms with Gasteiger partial charge in [0.2, 0.25) is 15.9 Å². The molecule has 1 rings (SSSR count). The van der Waals surface area contributed by atoms with Crippen LogP contribution in [0.15, 0.2) is 24.3 Å². The van der Waals surface area contributed by atoms with Crippen LogP contribution in [0.25, 0.3) is 0 Å². The Bertz CT molecular complexity index is 676. The second-order valence-corrected chi connectivity index (χ2v) is 9.79. The fourth-order valence-corrected chi connectivity index (χ4v) is 3.52. The summed E-state index contributed by atoms with van der Waals surface area (Å²) in [5, 5.41) is 2.86.